The first kappa shape index (κ1) is 34.1. The van der Waals surface area contributed by atoms with E-state index in [4.69, 9.17) is 19.3 Å². The Hall–Kier alpha value is -3.39. The van der Waals surface area contributed by atoms with Crippen molar-refractivity contribution in [1.82, 2.24) is 20.5 Å². The fraction of sp³-hybridized carbons (Fsp3) is 0.567. The highest BCUT2D eigenvalue weighted by Crippen LogP contribution is 2.29. The van der Waals surface area contributed by atoms with Crippen molar-refractivity contribution in [2.24, 2.45) is 5.41 Å². The van der Waals surface area contributed by atoms with E-state index in [-0.39, 0.29) is 58.5 Å². The number of likely N-dealkylation sites (tertiary alicyclic amines) is 1. The van der Waals surface area contributed by atoms with E-state index in [2.05, 4.69) is 15.6 Å². The number of ether oxygens (including phenoxy) is 3. The van der Waals surface area contributed by atoms with Gasteiger partial charge in [-0.2, -0.15) is 0 Å². The first-order valence-electron chi connectivity index (χ1n) is 14.2. The Kier molecular flexibility index (Phi) is 12.6. The van der Waals surface area contributed by atoms with Crippen molar-refractivity contribution < 1.29 is 38.5 Å². The summed E-state index contributed by atoms with van der Waals surface area (Å²) in [6, 6.07) is 5.96. The van der Waals surface area contributed by atoms with Crippen LogP contribution in [0.5, 0.6) is 0 Å². The van der Waals surface area contributed by atoms with Crippen LogP contribution in [0.1, 0.15) is 45.4 Å². The molecule has 3 N–H and O–H groups in total. The Balaban J connectivity index is 1.67. The van der Waals surface area contributed by atoms with E-state index < -0.39 is 41.4 Å². The van der Waals surface area contributed by atoms with Gasteiger partial charge >= 0.3 is 5.97 Å². The summed E-state index contributed by atoms with van der Waals surface area (Å²) < 4.78 is 15.8. The SMILES string of the molecule is CC(=O)OC1CC(C(=O)NCc2ccc(-c3scnc3C)cc2)N(C(=O)C(NC(=O)COCCOCCO)C(C)(C)C)C1. The molecule has 43 heavy (non-hydrogen) atoms. The molecule has 13 heteroatoms. The molecule has 1 aromatic carbocycles. The van der Waals surface area contributed by atoms with Gasteiger partial charge in [-0.1, -0.05) is 45.0 Å². The van der Waals surface area contributed by atoms with E-state index in [1.807, 2.05) is 52.0 Å². The zero-order chi connectivity index (χ0) is 31.6. The molecule has 1 saturated heterocycles. The lowest BCUT2D eigenvalue weighted by Crippen LogP contribution is -2.58. The molecule has 3 amide bonds. The summed E-state index contributed by atoms with van der Waals surface area (Å²) in [5.41, 5.74) is 3.99. The predicted molar refractivity (Wildman–Crippen MR) is 160 cm³/mol. The van der Waals surface area contributed by atoms with Crippen LogP contribution < -0.4 is 10.6 Å². The summed E-state index contributed by atoms with van der Waals surface area (Å²) in [6.07, 6.45) is -0.514. The third-order valence-corrected chi connectivity index (χ3v) is 7.85. The molecule has 3 unspecified atom stereocenters. The molecule has 1 fully saturated rings. The van der Waals surface area contributed by atoms with Crippen LogP contribution in [0.25, 0.3) is 10.4 Å². The molecule has 0 bridgehead atoms. The average Bonchev–Trinajstić information content (AvgIpc) is 3.57. The summed E-state index contributed by atoms with van der Waals surface area (Å²) in [5.74, 6) is -1.83. The van der Waals surface area contributed by atoms with Gasteiger partial charge in [-0.05, 0) is 23.5 Å². The van der Waals surface area contributed by atoms with Crippen LogP contribution in [0.4, 0.5) is 0 Å². The minimum Gasteiger partial charge on any atom is -0.461 e. The number of aromatic nitrogens is 1. The van der Waals surface area contributed by atoms with Crippen molar-refractivity contribution in [1.29, 1.82) is 0 Å². The lowest BCUT2D eigenvalue weighted by molar-refractivity contribution is -0.147. The maximum absolute atomic E-state index is 13.9. The summed E-state index contributed by atoms with van der Waals surface area (Å²) in [6.45, 7) is 9.09. The number of carbonyl (C=O) groups excluding carboxylic acids is 4. The monoisotopic (exact) mass is 618 g/mol. The molecule has 0 spiro atoms. The number of aryl methyl sites for hydroxylation is 1. The number of hydrogen-bond donors (Lipinski definition) is 3. The van der Waals surface area contributed by atoms with Gasteiger partial charge in [0.05, 0.1) is 49.1 Å². The predicted octanol–water partition coefficient (Wildman–Crippen LogP) is 1.82. The normalized spacial score (nSPS) is 17.4. The second-order valence-corrected chi connectivity index (χ2v) is 12.3. The fourth-order valence-corrected chi connectivity index (χ4v) is 5.55. The van der Waals surface area contributed by atoms with Crippen LogP contribution in [-0.2, 0) is 39.9 Å². The molecule has 2 aromatic rings. The van der Waals surface area contributed by atoms with E-state index in [1.54, 1.807) is 16.8 Å². The molecular formula is C30H42N4O8S. The Morgan fingerprint density at radius 2 is 1.81 bits per heavy atom. The Morgan fingerprint density at radius 1 is 1.12 bits per heavy atom. The number of hydrogen-bond acceptors (Lipinski definition) is 10. The van der Waals surface area contributed by atoms with E-state index in [0.717, 1.165) is 21.7 Å². The minimum atomic E-state index is -0.969. The van der Waals surface area contributed by atoms with Gasteiger partial charge in [-0.3, -0.25) is 19.2 Å². The van der Waals surface area contributed by atoms with Gasteiger partial charge in [-0.15, -0.1) is 11.3 Å². The number of benzene rings is 1. The Bertz CT molecular complexity index is 1240. The zero-order valence-corrected chi connectivity index (χ0v) is 26.2. The van der Waals surface area contributed by atoms with Crippen LogP contribution in [0, 0.1) is 12.3 Å². The molecule has 12 nitrogen and oxygen atoms in total. The molecule has 1 aliphatic heterocycles. The van der Waals surface area contributed by atoms with Crippen molar-refractivity contribution in [3.05, 3.63) is 41.0 Å². The molecule has 1 aliphatic rings. The number of esters is 1. The van der Waals surface area contributed by atoms with Crippen LogP contribution >= 0.6 is 11.3 Å². The standard InChI is InChI=1S/C30H42N4O8S/c1-19-26(43-18-32-19)22-8-6-21(7-9-22)15-31-28(38)24-14-23(42-20(2)36)16-34(24)29(39)27(30(3,4)5)33-25(37)17-41-13-12-40-11-10-35/h6-9,18,23-24,27,35H,10-17H2,1-5H3,(H,31,38)(H,33,37). The summed E-state index contributed by atoms with van der Waals surface area (Å²) >= 11 is 1.57. The van der Waals surface area contributed by atoms with E-state index >= 15 is 0 Å². The third kappa shape index (κ3) is 10.1. The first-order valence-corrected chi connectivity index (χ1v) is 15.1. The highest BCUT2D eigenvalue weighted by atomic mass is 32.1. The molecule has 2 heterocycles. The lowest BCUT2D eigenvalue weighted by atomic mass is 9.85. The van der Waals surface area contributed by atoms with E-state index in [0.29, 0.717) is 0 Å². The van der Waals surface area contributed by atoms with Crippen molar-refractivity contribution in [2.45, 2.75) is 65.8 Å². The minimum absolute atomic E-state index is 0.0283. The van der Waals surface area contributed by atoms with Gasteiger partial charge in [0.2, 0.25) is 17.7 Å². The highest BCUT2D eigenvalue weighted by molar-refractivity contribution is 7.13. The molecule has 3 atom stereocenters. The van der Waals surface area contributed by atoms with E-state index in [9.17, 15) is 19.2 Å². The maximum Gasteiger partial charge on any atom is 0.302 e. The molecule has 1 aromatic heterocycles. The van der Waals surface area contributed by atoms with Crippen molar-refractivity contribution in [2.75, 3.05) is 39.6 Å². The van der Waals surface area contributed by atoms with Gasteiger partial charge in [0.25, 0.3) is 0 Å². The number of aliphatic hydroxyl groups is 1. The van der Waals surface area contributed by atoms with Gasteiger partial charge in [0.15, 0.2) is 0 Å². The highest BCUT2D eigenvalue weighted by Gasteiger charge is 2.45. The maximum atomic E-state index is 13.9. The molecule has 0 aliphatic carbocycles. The van der Waals surface area contributed by atoms with Crippen molar-refractivity contribution in [3.8, 4) is 10.4 Å². The number of carbonyl (C=O) groups is 4. The Labute approximate surface area is 256 Å². The number of thiazole rings is 1. The van der Waals surface area contributed by atoms with Crippen LogP contribution in [-0.4, -0.2) is 96.4 Å². The molecule has 0 saturated carbocycles. The number of rotatable bonds is 14. The molecule has 236 valence electrons. The van der Waals surface area contributed by atoms with Gasteiger partial charge in [0, 0.05) is 19.9 Å². The van der Waals surface area contributed by atoms with Gasteiger partial charge in [0.1, 0.15) is 24.8 Å². The average molecular weight is 619 g/mol. The van der Waals surface area contributed by atoms with Crippen LogP contribution in [0.3, 0.4) is 0 Å². The summed E-state index contributed by atoms with van der Waals surface area (Å²) in [5, 5.41) is 14.4. The van der Waals surface area contributed by atoms with Crippen LogP contribution in [0.15, 0.2) is 29.8 Å². The summed E-state index contributed by atoms with van der Waals surface area (Å²) in [7, 11) is 0. The molecule has 3 rings (SSSR count). The second kappa shape index (κ2) is 15.9. The van der Waals surface area contributed by atoms with E-state index in [1.165, 1.54) is 11.8 Å². The first-order chi connectivity index (χ1) is 20.4. The third-order valence-electron chi connectivity index (χ3n) is 6.87. The summed E-state index contributed by atoms with van der Waals surface area (Å²) in [4.78, 5) is 58.4. The topological polar surface area (TPSA) is 156 Å². The van der Waals surface area contributed by atoms with Gasteiger partial charge in [-0.25, -0.2) is 4.98 Å². The van der Waals surface area contributed by atoms with Gasteiger partial charge < -0.3 is 34.9 Å². The quantitative estimate of drug-likeness (QED) is 0.212. The zero-order valence-electron chi connectivity index (χ0n) is 25.4. The van der Waals surface area contributed by atoms with Crippen molar-refractivity contribution in [3.63, 3.8) is 0 Å². The number of amides is 3. The number of aliphatic hydroxyl groups excluding tert-OH is 1. The second-order valence-electron chi connectivity index (χ2n) is 11.4. The number of nitrogens with one attached hydrogen (secondary N) is 2. The van der Waals surface area contributed by atoms with Crippen LogP contribution in [0.2, 0.25) is 0 Å². The smallest absolute Gasteiger partial charge is 0.302 e. The Morgan fingerprint density at radius 3 is 2.42 bits per heavy atom. The largest absolute Gasteiger partial charge is 0.461 e. The fourth-order valence-electron chi connectivity index (χ4n) is 4.74. The molecular weight excluding hydrogens is 576 g/mol. The lowest BCUT2D eigenvalue weighted by Gasteiger charge is -2.35. The number of nitrogens with zero attached hydrogens (tertiary/aromatic N) is 2. The molecule has 0 radical (unpaired) electrons. The van der Waals surface area contributed by atoms with Crippen molar-refractivity contribution >= 4 is 35.0 Å².